The van der Waals surface area contributed by atoms with Gasteiger partial charge in [-0.05, 0) is 17.7 Å². The summed E-state index contributed by atoms with van der Waals surface area (Å²) in [6.45, 7) is 1.84. The van der Waals surface area contributed by atoms with Gasteiger partial charge in [0.2, 0.25) is 5.91 Å². The molecule has 0 unspecified atom stereocenters. The highest BCUT2D eigenvalue weighted by atomic mass is 32.1. The van der Waals surface area contributed by atoms with Gasteiger partial charge in [-0.1, -0.05) is 49.4 Å². The van der Waals surface area contributed by atoms with Crippen molar-refractivity contribution < 1.29 is 4.79 Å². The Hall–Kier alpha value is -2.46. The van der Waals surface area contributed by atoms with E-state index in [2.05, 4.69) is 22.8 Å². The van der Waals surface area contributed by atoms with Crippen LogP contribution in [0.1, 0.15) is 23.9 Å². The first-order chi connectivity index (χ1) is 11.2. The molecule has 0 aliphatic rings. The van der Waals surface area contributed by atoms with Gasteiger partial charge < -0.3 is 5.32 Å². The molecule has 3 rings (SSSR count). The summed E-state index contributed by atoms with van der Waals surface area (Å²) in [5.41, 5.74) is 4.13. The Morgan fingerprint density at radius 2 is 1.83 bits per heavy atom. The summed E-state index contributed by atoms with van der Waals surface area (Å²) >= 11 is 1.68. The van der Waals surface area contributed by atoms with E-state index in [1.807, 2.05) is 49.4 Å². The summed E-state index contributed by atoms with van der Waals surface area (Å²) in [7, 11) is 0. The minimum Gasteiger partial charge on any atom is -0.326 e. The van der Waals surface area contributed by atoms with Gasteiger partial charge in [-0.25, -0.2) is 4.98 Å². The maximum atomic E-state index is 11.4. The molecule has 0 spiro atoms. The van der Waals surface area contributed by atoms with Crippen molar-refractivity contribution >= 4 is 22.9 Å². The number of aromatic nitrogens is 1. The zero-order chi connectivity index (χ0) is 16.1. The lowest BCUT2D eigenvalue weighted by molar-refractivity contribution is -0.115. The predicted molar refractivity (Wildman–Crippen MR) is 95.7 cm³/mol. The first-order valence-corrected chi connectivity index (χ1v) is 8.51. The molecule has 116 valence electrons. The Labute approximate surface area is 140 Å². The molecule has 0 bridgehead atoms. The van der Waals surface area contributed by atoms with Crippen LogP contribution in [0.25, 0.3) is 11.3 Å². The molecule has 0 fully saturated rings. The summed E-state index contributed by atoms with van der Waals surface area (Å²) < 4.78 is 0. The molecule has 0 saturated carbocycles. The van der Waals surface area contributed by atoms with E-state index >= 15 is 0 Å². The standard InChI is InChI=1S/C19H18N2OS/c1-2-18(22)20-16-10-8-15(9-11-16)17-13-23-19(21-17)12-14-6-4-3-5-7-14/h3-11,13H,2,12H2,1H3,(H,20,22). The van der Waals surface area contributed by atoms with Gasteiger partial charge in [-0.15, -0.1) is 11.3 Å². The molecule has 0 atom stereocenters. The van der Waals surface area contributed by atoms with Crippen molar-refractivity contribution in [1.29, 1.82) is 0 Å². The number of hydrogen-bond donors (Lipinski definition) is 1. The van der Waals surface area contributed by atoms with E-state index in [-0.39, 0.29) is 5.91 Å². The van der Waals surface area contributed by atoms with Crippen LogP contribution in [-0.4, -0.2) is 10.9 Å². The number of rotatable bonds is 5. The van der Waals surface area contributed by atoms with Crippen LogP contribution in [0.3, 0.4) is 0 Å². The van der Waals surface area contributed by atoms with Gasteiger partial charge in [0.05, 0.1) is 10.7 Å². The Morgan fingerprint density at radius 1 is 1.09 bits per heavy atom. The number of carbonyl (C=O) groups excluding carboxylic acids is 1. The van der Waals surface area contributed by atoms with E-state index < -0.39 is 0 Å². The average Bonchev–Trinajstić information content (AvgIpc) is 3.05. The van der Waals surface area contributed by atoms with E-state index in [0.29, 0.717) is 6.42 Å². The first-order valence-electron chi connectivity index (χ1n) is 7.63. The molecule has 1 N–H and O–H groups in total. The quantitative estimate of drug-likeness (QED) is 0.736. The van der Waals surface area contributed by atoms with Gasteiger partial charge in [-0.2, -0.15) is 0 Å². The van der Waals surface area contributed by atoms with E-state index in [0.717, 1.165) is 28.4 Å². The molecule has 1 heterocycles. The fraction of sp³-hybridized carbons (Fsp3) is 0.158. The van der Waals surface area contributed by atoms with Crippen LogP contribution >= 0.6 is 11.3 Å². The molecular formula is C19H18N2OS. The Morgan fingerprint density at radius 3 is 2.52 bits per heavy atom. The smallest absolute Gasteiger partial charge is 0.224 e. The van der Waals surface area contributed by atoms with Gasteiger partial charge in [0.1, 0.15) is 0 Å². The molecule has 0 aliphatic heterocycles. The molecule has 3 aromatic rings. The number of nitrogens with zero attached hydrogens (tertiary/aromatic N) is 1. The minimum absolute atomic E-state index is 0.0246. The van der Waals surface area contributed by atoms with Crippen molar-refractivity contribution in [3.05, 3.63) is 70.5 Å². The normalized spacial score (nSPS) is 10.5. The highest BCUT2D eigenvalue weighted by Gasteiger charge is 2.06. The van der Waals surface area contributed by atoms with Gasteiger partial charge in [0.15, 0.2) is 0 Å². The van der Waals surface area contributed by atoms with Crippen molar-refractivity contribution in [3.63, 3.8) is 0 Å². The summed E-state index contributed by atoms with van der Waals surface area (Å²) in [5, 5.41) is 6.04. The maximum Gasteiger partial charge on any atom is 0.224 e. The molecular weight excluding hydrogens is 304 g/mol. The van der Waals surface area contributed by atoms with Crippen molar-refractivity contribution in [1.82, 2.24) is 4.98 Å². The van der Waals surface area contributed by atoms with Crippen LogP contribution < -0.4 is 5.32 Å². The lowest BCUT2D eigenvalue weighted by Gasteiger charge is -2.04. The fourth-order valence-corrected chi connectivity index (χ4v) is 3.11. The van der Waals surface area contributed by atoms with Crippen LogP contribution in [0.2, 0.25) is 0 Å². The van der Waals surface area contributed by atoms with E-state index in [9.17, 15) is 4.79 Å². The molecule has 3 nitrogen and oxygen atoms in total. The highest BCUT2D eigenvalue weighted by molar-refractivity contribution is 7.10. The van der Waals surface area contributed by atoms with Crippen LogP contribution in [0, 0.1) is 0 Å². The van der Waals surface area contributed by atoms with Crippen molar-refractivity contribution in [2.75, 3.05) is 5.32 Å². The molecule has 0 aliphatic carbocycles. The van der Waals surface area contributed by atoms with Crippen LogP contribution in [-0.2, 0) is 11.2 Å². The van der Waals surface area contributed by atoms with Crippen LogP contribution in [0.5, 0.6) is 0 Å². The molecule has 23 heavy (non-hydrogen) atoms. The topological polar surface area (TPSA) is 42.0 Å². The number of benzene rings is 2. The van der Waals surface area contributed by atoms with Gasteiger partial charge in [0.25, 0.3) is 0 Å². The Balaban J connectivity index is 1.71. The summed E-state index contributed by atoms with van der Waals surface area (Å²) in [5.74, 6) is 0.0246. The number of carbonyl (C=O) groups is 1. The monoisotopic (exact) mass is 322 g/mol. The van der Waals surface area contributed by atoms with E-state index in [1.165, 1.54) is 5.56 Å². The second kappa shape index (κ2) is 7.20. The number of nitrogens with one attached hydrogen (secondary N) is 1. The van der Waals surface area contributed by atoms with Crippen LogP contribution in [0.4, 0.5) is 5.69 Å². The zero-order valence-corrected chi connectivity index (χ0v) is 13.8. The Bertz CT molecular complexity index is 779. The van der Waals surface area contributed by atoms with Gasteiger partial charge in [-0.3, -0.25) is 4.79 Å². The third-order valence-corrected chi connectivity index (χ3v) is 4.38. The molecule has 1 aromatic heterocycles. The van der Waals surface area contributed by atoms with Gasteiger partial charge >= 0.3 is 0 Å². The van der Waals surface area contributed by atoms with Crippen molar-refractivity contribution in [3.8, 4) is 11.3 Å². The third-order valence-electron chi connectivity index (χ3n) is 3.54. The molecule has 2 aromatic carbocycles. The average molecular weight is 322 g/mol. The zero-order valence-electron chi connectivity index (χ0n) is 13.0. The first kappa shape index (κ1) is 15.4. The second-order valence-corrected chi connectivity index (χ2v) is 6.21. The van der Waals surface area contributed by atoms with Crippen molar-refractivity contribution in [2.45, 2.75) is 19.8 Å². The fourth-order valence-electron chi connectivity index (χ4n) is 2.27. The Kier molecular flexibility index (Phi) is 4.83. The molecule has 0 saturated heterocycles. The lowest BCUT2D eigenvalue weighted by atomic mass is 10.1. The highest BCUT2D eigenvalue weighted by Crippen LogP contribution is 2.24. The number of amides is 1. The van der Waals surface area contributed by atoms with E-state index in [4.69, 9.17) is 4.98 Å². The second-order valence-electron chi connectivity index (χ2n) is 5.27. The number of hydrogen-bond acceptors (Lipinski definition) is 3. The van der Waals surface area contributed by atoms with Crippen molar-refractivity contribution in [2.24, 2.45) is 0 Å². The summed E-state index contributed by atoms with van der Waals surface area (Å²) in [6, 6.07) is 18.2. The number of thiazole rings is 1. The lowest BCUT2D eigenvalue weighted by Crippen LogP contribution is -2.08. The minimum atomic E-state index is 0.0246. The maximum absolute atomic E-state index is 11.4. The number of anilines is 1. The predicted octanol–water partition coefficient (Wildman–Crippen LogP) is 4.75. The van der Waals surface area contributed by atoms with E-state index in [1.54, 1.807) is 11.3 Å². The SMILES string of the molecule is CCC(=O)Nc1ccc(-c2csc(Cc3ccccc3)n2)cc1. The molecule has 4 heteroatoms. The largest absolute Gasteiger partial charge is 0.326 e. The third kappa shape index (κ3) is 4.05. The summed E-state index contributed by atoms with van der Waals surface area (Å²) in [4.78, 5) is 16.1. The molecule has 1 amide bonds. The van der Waals surface area contributed by atoms with Crippen LogP contribution in [0.15, 0.2) is 60.0 Å². The summed E-state index contributed by atoms with van der Waals surface area (Å²) in [6.07, 6.45) is 1.34. The van der Waals surface area contributed by atoms with Gasteiger partial charge in [0, 0.05) is 29.5 Å². The molecule has 0 radical (unpaired) electrons.